The van der Waals surface area contributed by atoms with E-state index in [1.54, 1.807) is 0 Å². The summed E-state index contributed by atoms with van der Waals surface area (Å²) in [6.07, 6.45) is 1.37. The van der Waals surface area contributed by atoms with Gasteiger partial charge in [0.1, 0.15) is 0 Å². The number of morpholine rings is 1. The monoisotopic (exact) mass is 215 g/mol. The van der Waals surface area contributed by atoms with E-state index in [9.17, 15) is 0 Å². The molecule has 1 aliphatic heterocycles. The van der Waals surface area contributed by atoms with Crippen LogP contribution in [0, 0.1) is 5.92 Å². The predicted octanol–water partition coefficient (Wildman–Crippen LogP) is 1.77. The van der Waals surface area contributed by atoms with Gasteiger partial charge in [-0.05, 0) is 12.3 Å². The topological polar surface area (TPSA) is 21.7 Å². The van der Waals surface area contributed by atoms with Crippen LogP contribution in [0.2, 0.25) is 0 Å². The maximum absolute atomic E-state index is 5.67. The van der Waals surface area contributed by atoms with Gasteiger partial charge >= 0.3 is 0 Å². The number of hydrogen-bond donors (Lipinski definition) is 0. The SMILES string of the molecule is CCCOC[C@@H]1CN(CC(C)C)CCO1. The summed E-state index contributed by atoms with van der Waals surface area (Å²) in [6, 6.07) is 0. The minimum atomic E-state index is 0.282. The molecule has 15 heavy (non-hydrogen) atoms. The average Bonchev–Trinajstić information content (AvgIpc) is 2.18. The van der Waals surface area contributed by atoms with Crippen molar-refractivity contribution in [3.05, 3.63) is 0 Å². The fourth-order valence-electron chi connectivity index (χ4n) is 1.92. The highest BCUT2D eigenvalue weighted by Crippen LogP contribution is 2.08. The van der Waals surface area contributed by atoms with E-state index >= 15 is 0 Å². The first kappa shape index (κ1) is 12.9. The summed E-state index contributed by atoms with van der Waals surface area (Å²) in [6.45, 7) is 12.4. The smallest absolute Gasteiger partial charge is 0.0935 e. The molecule has 1 heterocycles. The zero-order valence-corrected chi connectivity index (χ0v) is 10.4. The van der Waals surface area contributed by atoms with E-state index in [0.717, 1.165) is 45.2 Å². The lowest BCUT2D eigenvalue weighted by Gasteiger charge is -2.33. The van der Waals surface area contributed by atoms with Gasteiger partial charge in [-0.15, -0.1) is 0 Å². The van der Waals surface area contributed by atoms with Gasteiger partial charge in [0.2, 0.25) is 0 Å². The minimum absolute atomic E-state index is 0.282. The quantitative estimate of drug-likeness (QED) is 0.630. The van der Waals surface area contributed by atoms with Crippen LogP contribution >= 0.6 is 0 Å². The van der Waals surface area contributed by atoms with Crippen molar-refractivity contribution in [1.29, 1.82) is 0 Å². The van der Waals surface area contributed by atoms with Crippen molar-refractivity contribution in [2.75, 3.05) is 39.5 Å². The van der Waals surface area contributed by atoms with Crippen LogP contribution in [0.3, 0.4) is 0 Å². The van der Waals surface area contributed by atoms with E-state index in [1.807, 2.05) is 0 Å². The van der Waals surface area contributed by atoms with Crippen molar-refractivity contribution in [1.82, 2.24) is 4.90 Å². The second kappa shape index (κ2) is 7.20. The summed E-state index contributed by atoms with van der Waals surface area (Å²) in [5.41, 5.74) is 0. The molecule has 1 saturated heterocycles. The molecule has 90 valence electrons. The molecule has 1 atom stereocenters. The first-order valence-corrected chi connectivity index (χ1v) is 6.14. The number of ether oxygens (including phenoxy) is 2. The first-order chi connectivity index (χ1) is 7.22. The van der Waals surface area contributed by atoms with Crippen LogP contribution in [0.15, 0.2) is 0 Å². The highest BCUT2D eigenvalue weighted by molar-refractivity contribution is 4.71. The van der Waals surface area contributed by atoms with Crippen LogP contribution in [-0.2, 0) is 9.47 Å². The lowest BCUT2D eigenvalue weighted by atomic mass is 10.2. The highest BCUT2D eigenvalue weighted by Gasteiger charge is 2.20. The van der Waals surface area contributed by atoms with Gasteiger partial charge in [-0.3, -0.25) is 4.90 Å². The Morgan fingerprint density at radius 2 is 2.27 bits per heavy atom. The third kappa shape index (κ3) is 5.50. The minimum Gasteiger partial charge on any atom is -0.379 e. The molecule has 0 aromatic carbocycles. The standard InChI is InChI=1S/C12H25NO2/c1-4-6-14-10-12-9-13(5-7-15-12)8-11(2)3/h11-12H,4-10H2,1-3H3/t12-/m0/s1. The Kier molecular flexibility index (Phi) is 6.22. The van der Waals surface area contributed by atoms with E-state index in [-0.39, 0.29) is 6.10 Å². The lowest BCUT2D eigenvalue weighted by Crippen LogP contribution is -2.45. The van der Waals surface area contributed by atoms with Gasteiger partial charge in [-0.2, -0.15) is 0 Å². The summed E-state index contributed by atoms with van der Waals surface area (Å²) in [5.74, 6) is 0.736. The van der Waals surface area contributed by atoms with Crippen molar-refractivity contribution >= 4 is 0 Å². The molecule has 0 unspecified atom stereocenters. The Hall–Kier alpha value is -0.120. The molecule has 0 saturated carbocycles. The molecule has 0 aromatic heterocycles. The van der Waals surface area contributed by atoms with Gasteiger partial charge in [0.25, 0.3) is 0 Å². The fourth-order valence-corrected chi connectivity index (χ4v) is 1.92. The Balaban J connectivity index is 2.17. The van der Waals surface area contributed by atoms with Crippen molar-refractivity contribution in [3.8, 4) is 0 Å². The maximum Gasteiger partial charge on any atom is 0.0935 e. The average molecular weight is 215 g/mol. The van der Waals surface area contributed by atoms with Gasteiger partial charge in [0.15, 0.2) is 0 Å². The van der Waals surface area contributed by atoms with Gasteiger partial charge < -0.3 is 9.47 Å². The number of rotatable bonds is 6. The molecule has 1 fully saturated rings. The summed E-state index contributed by atoms with van der Waals surface area (Å²) in [7, 11) is 0. The largest absolute Gasteiger partial charge is 0.379 e. The van der Waals surface area contributed by atoms with Crippen molar-refractivity contribution in [3.63, 3.8) is 0 Å². The van der Waals surface area contributed by atoms with Crippen molar-refractivity contribution < 1.29 is 9.47 Å². The van der Waals surface area contributed by atoms with Crippen LogP contribution in [0.5, 0.6) is 0 Å². The fraction of sp³-hybridized carbons (Fsp3) is 1.00. The van der Waals surface area contributed by atoms with E-state index in [4.69, 9.17) is 9.47 Å². The molecule has 0 N–H and O–H groups in total. The molecule has 0 bridgehead atoms. The molecule has 3 nitrogen and oxygen atoms in total. The van der Waals surface area contributed by atoms with Crippen LogP contribution in [0.1, 0.15) is 27.2 Å². The van der Waals surface area contributed by atoms with Crippen molar-refractivity contribution in [2.45, 2.75) is 33.3 Å². The van der Waals surface area contributed by atoms with Gasteiger partial charge in [-0.25, -0.2) is 0 Å². The molecule has 0 amide bonds. The Morgan fingerprint density at radius 3 is 2.93 bits per heavy atom. The molecule has 0 spiro atoms. The van der Waals surface area contributed by atoms with Gasteiger partial charge in [-0.1, -0.05) is 20.8 Å². The van der Waals surface area contributed by atoms with Crippen LogP contribution in [0.25, 0.3) is 0 Å². The normalized spacial score (nSPS) is 23.6. The first-order valence-electron chi connectivity index (χ1n) is 6.14. The van der Waals surface area contributed by atoms with E-state index in [2.05, 4.69) is 25.7 Å². The van der Waals surface area contributed by atoms with E-state index in [1.165, 1.54) is 6.54 Å². The number of nitrogens with zero attached hydrogens (tertiary/aromatic N) is 1. The molecule has 1 rings (SSSR count). The lowest BCUT2D eigenvalue weighted by molar-refractivity contribution is -0.0709. The van der Waals surface area contributed by atoms with E-state index < -0.39 is 0 Å². The molecule has 3 heteroatoms. The zero-order valence-electron chi connectivity index (χ0n) is 10.4. The zero-order chi connectivity index (χ0) is 11.1. The predicted molar refractivity (Wildman–Crippen MR) is 62.1 cm³/mol. The molecule has 0 aromatic rings. The second-order valence-corrected chi connectivity index (χ2v) is 4.72. The van der Waals surface area contributed by atoms with Crippen LogP contribution in [-0.4, -0.2) is 50.5 Å². The molecular formula is C12H25NO2. The van der Waals surface area contributed by atoms with Crippen LogP contribution < -0.4 is 0 Å². The van der Waals surface area contributed by atoms with Crippen molar-refractivity contribution in [2.24, 2.45) is 5.92 Å². The summed E-state index contributed by atoms with van der Waals surface area (Å²) < 4.78 is 11.2. The molecule has 1 aliphatic rings. The van der Waals surface area contributed by atoms with E-state index in [0.29, 0.717) is 0 Å². The molecule has 0 aliphatic carbocycles. The Labute approximate surface area is 93.7 Å². The summed E-state index contributed by atoms with van der Waals surface area (Å²) >= 11 is 0. The maximum atomic E-state index is 5.67. The number of hydrogen-bond acceptors (Lipinski definition) is 3. The Bertz CT molecular complexity index is 162. The third-order valence-electron chi connectivity index (χ3n) is 2.50. The summed E-state index contributed by atoms with van der Waals surface area (Å²) in [5, 5.41) is 0. The molecular weight excluding hydrogens is 190 g/mol. The Morgan fingerprint density at radius 1 is 1.47 bits per heavy atom. The van der Waals surface area contributed by atoms with Crippen LogP contribution in [0.4, 0.5) is 0 Å². The molecule has 0 radical (unpaired) electrons. The van der Waals surface area contributed by atoms with Gasteiger partial charge in [0, 0.05) is 26.2 Å². The second-order valence-electron chi connectivity index (χ2n) is 4.72. The third-order valence-corrected chi connectivity index (χ3v) is 2.50. The van der Waals surface area contributed by atoms with Gasteiger partial charge in [0.05, 0.1) is 19.3 Å². The summed E-state index contributed by atoms with van der Waals surface area (Å²) in [4.78, 5) is 2.48. The highest BCUT2D eigenvalue weighted by atomic mass is 16.5.